The summed E-state index contributed by atoms with van der Waals surface area (Å²) in [6.45, 7) is 8.30. The summed E-state index contributed by atoms with van der Waals surface area (Å²) in [5, 5.41) is 2.70. The molecule has 0 atom stereocenters. The molecule has 0 aliphatic heterocycles. The molecule has 0 spiro atoms. The lowest BCUT2D eigenvalue weighted by atomic mass is 10.2. The van der Waals surface area contributed by atoms with Crippen LogP contribution in [0.4, 0.5) is 0 Å². The normalized spacial score (nSPS) is 10.3. The van der Waals surface area contributed by atoms with Crippen LogP contribution in [0, 0.1) is 0 Å². The van der Waals surface area contributed by atoms with Gasteiger partial charge < -0.3 is 9.64 Å². The predicted molar refractivity (Wildman–Crippen MR) is 99.3 cm³/mol. The van der Waals surface area contributed by atoms with Gasteiger partial charge >= 0.3 is 5.97 Å². The molecule has 0 radical (unpaired) electrons. The van der Waals surface area contributed by atoms with Crippen LogP contribution in [0.1, 0.15) is 19.5 Å². The van der Waals surface area contributed by atoms with Crippen molar-refractivity contribution in [3.63, 3.8) is 0 Å². The number of amides is 1. The van der Waals surface area contributed by atoms with Gasteiger partial charge in [0.2, 0.25) is 0 Å². The highest BCUT2D eigenvalue weighted by molar-refractivity contribution is 7.13. The maximum absolute atomic E-state index is 12.0. The summed E-state index contributed by atoms with van der Waals surface area (Å²) in [6, 6.07) is 9.78. The molecule has 0 bridgehead atoms. The van der Waals surface area contributed by atoms with E-state index in [4.69, 9.17) is 4.74 Å². The van der Waals surface area contributed by atoms with Gasteiger partial charge in [0.1, 0.15) is 5.01 Å². The average Bonchev–Trinajstić information content (AvgIpc) is 3.06. The summed E-state index contributed by atoms with van der Waals surface area (Å²) < 4.78 is 5.09. The molecule has 1 amide bonds. The Morgan fingerprint density at radius 3 is 2.64 bits per heavy atom. The van der Waals surface area contributed by atoms with Crippen molar-refractivity contribution in [3.05, 3.63) is 53.6 Å². The van der Waals surface area contributed by atoms with Gasteiger partial charge in [-0.3, -0.25) is 9.59 Å². The number of benzene rings is 1. The molecular formula is C19H22N2O3S. The van der Waals surface area contributed by atoms with E-state index in [0.29, 0.717) is 18.8 Å². The van der Waals surface area contributed by atoms with E-state index in [1.165, 1.54) is 11.3 Å². The number of carbonyl (C=O) groups is 2. The maximum atomic E-state index is 12.0. The number of ether oxygens (including phenoxy) is 1. The second-order valence-corrected chi connectivity index (χ2v) is 6.57. The number of carbonyl (C=O) groups excluding carboxylic acids is 2. The number of thiazole rings is 1. The molecule has 2 aromatic rings. The summed E-state index contributed by atoms with van der Waals surface area (Å²) >= 11 is 1.48. The molecular weight excluding hydrogens is 336 g/mol. The Morgan fingerprint density at radius 2 is 2.00 bits per heavy atom. The summed E-state index contributed by atoms with van der Waals surface area (Å²) in [5.74, 6) is -0.674. The van der Waals surface area contributed by atoms with E-state index in [1.807, 2.05) is 49.6 Å². The number of hydrogen-bond acceptors (Lipinski definition) is 5. The Hall–Kier alpha value is -2.47. The van der Waals surface area contributed by atoms with Crippen molar-refractivity contribution >= 4 is 23.2 Å². The molecule has 0 N–H and O–H groups in total. The van der Waals surface area contributed by atoms with Crippen molar-refractivity contribution < 1.29 is 14.3 Å². The summed E-state index contributed by atoms with van der Waals surface area (Å²) in [6.07, 6.45) is 0.0588. The third kappa shape index (κ3) is 5.83. The number of esters is 1. The van der Waals surface area contributed by atoms with Crippen molar-refractivity contribution in [1.29, 1.82) is 0 Å². The van der Waals surface area contributed by atoms with Gasteiger partial charge in [0.25, 0.3) is 5.91 Å². The predicted octanol–water partition coefficient (Wildman–Crippen LogP) is 3.32. The van der Waals surface area contributed by atoms with Crippen LogP contribution in [-0.4, -0.2) is 41.5 Å². The van der Waals surface area contributed by atoms with Crippen LogP contribution >= 0.6 is 11.3 Å². The molecule has 1 heterocycles. The first-order valence-corrected chi connectivity index (χ1v) is 8.95. The Labute approximate surface area is 152 Å². The fourth-order valence-corrected chi connectivity index (χ4v) is 3.06. The molecule has 2 rings (SSSR count). The quantitative estimate of drug-likeness (QED) is 0.536. The molecule has 132 valence electrons. The van der Waals surface area contributed by atoms with E-state index in [0.717, 1.165) is 16.1 Å². The number of hydrogen-bond donors (Lipinski definition) is 0. The Balaban J connectivity index is 1.85. The Morgan fingerprint density at radius 1 is 1.28 bits per heavy atom. The highest BCUT2D eigenvalue weighted by atomic mass is 32.1. The summed E-state index contributed by atoms with van der Waals surface area (Å²) in [7, 11) is 0. The van der Waals surface area contributed by atoms with Gasteiger partial charge in [-0.25, -0.2) is 4.98 Å². The zero-order valence-corrected chi connectivity index (χ0v) is 15.3. The van der Waals surface area contributed by atoms with Gasteiger partial charge in [-0.1, -0.05) is 42.5 Å². The minimum Gasteiger partial charge on any atom is -0.455 e. The SMILES string of the molecule is C=C(C)CN(CC)C(=O)COC(=O)Cc1csc(-c2ccccc2)n1. The van der Waals surface area contributed by atoms with Crippen molar-refractivity contribution in [3.8, 4) is 10.6 Å². The first-order chi connectivity index (χ1) is 12.0. The monoisotopic (exact) mass is 358 g/mol. The van der Waals surface area contributed by atoms with Crippen LogP contribution in [-0.2, 0) is 20.7 Å². The van der Waals surface area contributed by atoms with Crippen LogP contribution in [0.15, 0.2) is 47.9 Å². The lowest BCUT2D eigenvalue weighted by molar-refractivity contribution is -0.151. The standard InChI is InChI=1S/C19H22N2O3S/c1-4-21(11-14(2)3)17(22)12-24-18(23)10-16-13-25-19(20-16)15-8-6-5-7-9-15/h5-9,13H,2,4,10-12H2,1,3H3. The molecule has 0 saturated carbocycles. The average molecular weight is 358 g/mol. The number of nitrogens with zero attached hydrogens (tertiary/aromatic N) is 2. The summed E-state index contributed by atoms with van der Waals surface area (Å²) in [5.41, 5.74) is 2.55. The Bertz CT molecular complexity index is 740. The summed E-state index contributed by atoms with van der Waals surface area (Å²) in [4.78, 5) is 30.1. The van der Waals surface area contributed by atoms with Crippen LogP contribution in [0.2, 0.25) is 0 Å². The van der Waals surface area contributed by atoms with E-state index in [1.54, 1.807) is 4.90 Å². The van der Waals surface area contributed by atoms with E-state index in [9.17, 15) is 9.59 Å². The highest BCUT2D eigenvalue weighted by Crippen LogP contribution is 2.23. The topological polar surface area (TPSA) is 59.5 Å². The molecule has 0 unspecified atom stereocenters. The van der Waals surface area contributed by atoms with Crippen molar-refractivity contribution in [1.82, 2.24) is 9.88 Å². The number of aromatic nitrogens is 1. The lowest BCUT2D eigenvalue weighted by Crippen LogP contribution is -2.35. The fraction of sp³-hybridized carbons (Fsp3) is 0.316. The van der Waals surface area contributed by atoms with Gasteiger partial charge in [-0.15, -0.1) is 11.3 Å². The van der Waals surface area contributed by atoms with Crippen molar-refractivity contribution in [2.75, 3.05) is 19.7 Å². The van der Waals surface area contributed by atoms with E-state index in [2.05, 4.69) is 11.6 Å². The van der Waals surface area contributed by atoms with Crippen LogP contribution in [0.3, 0.4) is 0 Å². The van der Waals surface area contributed by atoms with Gasteiger partial charge in [0, 0.05) is 24.0 Å². The molecule has 6 heteroatoms. The first kappa shape index (κ1) is 18.9. The molecule has 5 nitrogen and oxygen atoms in total. The lowest BCUT2D eigenvalue weighted by Gasteiger charge is -2.20. The van der Waals surface area contributed by atoms with Gasteiger partial charge in [-0.2, -0.15) is 0 Å². The van der Waals surface area contributed by atoms with E-state index in [-0.39, 0.29) is 18.9 Å². The van der Waals surface area contributed by atoms with Gasteiger partial charge in [0.15, 0.2) is 6.61 Å². The first-order valence-electron chi connectivity index (χ1n) is 8.07. The fourth-order valence-electron chi connectivity index (χ4n) is 2.24. The smallest absolute Gasteiger partial charge is 0.312 e. The van der Waals surface area contributed by atoms with Crippen LogP contribution in [0.25, 0.3) is 10.6 Å². The maximum Gasteiger partial charge on any atom is 0.312 e. The van der Waals surface area contributed by atoms with Crippen LogP contribution < -0.4 is 0 Å². The van der Waals surface area contributed by atoms with E-state index >= 15 is 0 Å². The number of likely N-dealkylation sites (N-methyl/N-ethyl adjacent to an activating group) is 1. The largest absolute Gasteiger partial charge is 0.455 e. The molecule has 25 heavy (non-hydrogen) atoms. The second kappa shape index (κ2) is 9.13. The third-order valence-corrected chi connectivity index (χ3v) is 4.39. The van der Waals surface area contributed by atoms with Crippen molar-refractivity contribution in [2.45, 2.75) is 20.3 Å². The van der Waals surface area contributed by atoms with Gasteiger partial charge in [-0.05, 0) is 13.8 Å². The zero-order chi connectivity index (χ0) is 18.2. The molecule has 0 aliphatic carbocycles. The molecule has 1 aromatic carbocycles. The van der Waals surface area contributed by atoms with Crippen molar-refractivity contribution in [2.24, 2.45) is 0 Å². The molecule has 0 fully saturated rings. The second-order valence-electron chi connectivity index (χ2n) is 5.71. The molecule has 0 saturated heterocycles. The van der Waals surface area contributed by atoms with Crippen LogP contribution in [0.5, 0.6) is 0 Å². The van der Waals surface area contributed by atoms with Gasteiger partial charge in [0.05, 0.1) is 12.1 Å². The Kier molecular flexibility index (Phi) is 6.89. The molecule has 1 aromatic heterocycles. The minimum atomic E-state index is -0.454. The zero-order valence-electron chi connectivity index (χ0n) is 14.5. The minimum absolute atomic E-state index is 0.0588. The molecule has 0 aliphatic rings. The number of rotatable bonds is 8. The third-order valence-electron chi connectivity index (χ3n) is 3.45. The highest BCUT2D eigenvalue weighted by Gasteiger charge is 2.15. The van der Waals surface area contributed by atoms with E-state index < -0.39 is 5.97 Å².